The van der Waals surface area contributed by atoms with Gasteiger partial charge in [0.1, 0.15) is 12.0 Å². The Morgan fingerprint density at radius 1 is 1.23 bits per heavy atom. The van der Waals surface area contributed by atoms with Crippen LogP contribution < -0.4 is 4.74 Å². The Morgan fingerprint density at radius 2 is 2.14 bits per heavy atom. The highest BCUT2D eigenvalue weighted by Gasteiger charge is 2.25. The molecule has 3 aromatic rings. The van der Waals surface area contributed by atoms with Crippen LogP contribution in [0, 0.1) is 0 Å². The number of rotatable bonds is 4. The Bertz CT molecular complexity index is 789. The lowest BCUT2D eigenvalue weighted by Crippen LogP contribution is -2.08. The first-order chi connectivity index (χ1) is 10.8. The van der Waals surface area contributed by atoms with Crippen molar-refractivity contribution in [3.8, 4) is 28.7 Å². The first kappa shape index (κ1) is 13.1. The van der Waals surface area contributed by atoms with Crippen LogP contribution in [0.15, 0.2) is 39.5 Å². The van der Waals surface area contributed by atoms with Crippen molar-refractivity contribution in [1.82, 2.24) is 15.1 Å². The third-order valence-corrected chi connectivity index (χ3v) is 3.95. The molecule has 6 heteroatoms. The van der Waals surface area contributed by atoms with Crippen molar-refractivity contribution < 1.29 is 13.7 Å². The molecule has 6 nitrogen and oxygen atoms in total. The van der Waals surface area contributed by atoms with Crippen molar-refractivity contribution in [3.05, 3.63) is 36.4 Å². The molecule has 0 spiro atoms. The van der Waals surface area contributed by atoms with Crippen LogP contribution in [0.2, 0.25) is 0 Å². The van der Waals surface area contributed by atoms with E-state index in [0.29, 0.717) is 23.3 Å². The average molecular weight is 297 g/mol. The minimum atomic E-state index is 0.368. The molecule has 0 unspecified atom stereocenters. The molecule has 1 saturated carbocycles. The molecule has 0 saturated heterocycles. The lowest BCUT2D eigenvalue weighted by molar-refractivity contribution is 0.335. The van der Waals surface area contributed by atoms with Gasteiger partial charge in [-0.3, -0.25) is 0 Å². The van der Waals surface area contributed by atoms with Gasteiger partial charge in [-0.05, 0) is 25.0 Å². The van der Waals surface area contributed by atoms with E-state index in [2.05, 4.69) is 15.1 Å². The van der Waals surface area contributed by atoms with Gasteiger partial charge in [-0.15, -0.1) is 0 Å². The van der Waals surface area contributed by atoms with Crippen LogP contribution >= 0.6 is 0 Å². The monoisotopic (exact) mass is 297 g/mol. The Hall–Kier alpha value is -2.63. The minimum Gasteiger partial charge on any atom is -0.497 e. The van der Waals surface area contributed by atoms with Gasteiger partial charge in [0.05, 0.1) is 7.11 Å². The van der Waals surface area contributed by atoms with E-state index in [1.54, 1.807) is 13.4 Å². The summed E-state index contributed by atoms with van der Waals surface area (Å²) in [6, 6.07) is 7.51. The number of benzene rings is 1. The third-order valence-electron chi connectivity index (χ3n) is 3.95. The van der Waals surface area contributed by atoms with E-state index in [4.69, 9.17) is 13.7 Å². The molecule has 22 heavy (non-hydrogen) atoms. The van der Waals surface area contributed by atoms with Crippen molar-refractivity contribution in [2.45, 2.75) is 25.2 Å². The van der Waals surface area contributed by atoms with Gasteiger partial charge in [-0.25, -0.2) is 4.98 Å². The molecule has 2 heterocycles. The van der Waals surface area contributed by atoms with E-state index in [1.807, 2.05) is 24.3 Å². The number of hydrogen-bond donors (Lipinski definition) is 0. The Labute approximate surface area is 127 Å². The van der Waals surface area contributed by atoms with Gasteiger partial charge in [-0.1, -0.05) is 23.7 Å². The first-order valence-corrected chi connectivity index (χ1v) is 7.27. The maximum Gasteiger partial charge on any atom is 0.280 e. The maximum absolute atomic E-state index is 5.52. The van der Waals surface area contributed by atoms with Crippen LogP contribution in [0.5, 0.6) is 5.75 Å². The van der Waals surface area contributed by atoms with Gasteiger partial charge < -0.3 is 13.7 Å². The maximum atomic E-state index is 5.52. The van der Waals surface area contributed by atoms with Crippen LogP contribution in [-0.4, -0.2) is 22.2 Å². The highest BCUT2D eigenvalue weighted by molar-refractivity contribution is 5.59. The molecule has 0 amide bonds. The number of methoxy groups -OCH3 is 1. The molecule has 0 atom stereocenters. The summed E-state index contributed by atoms with van der Waals surface area (Å²) >= 11 is 0. The second-order valence-corrected chi connectivity index (χ2v) is 5.35. The van der Waals surface area contributed by atoms with Crippen LogP contribution in [0.25, 0.3) is 23.0 Å². The van der Waals surface area contributed by atoms with Crippen LogP contribution in [0.4, 0.5) is 0 Å². The topological polar surface area (TPSA) is 74.2 Å². The summed E-state index contributed by atoms with van der Waals surface area (Å²) in [5.41, 5.74) is 1.42. The fourth-order valence-corrected chi connectivity index (χ4v) is 2.44. The van der Waals surface area contributed by atoms with Crippen molar-refractivity contribution >= 4 is 0 Å². The third kappa shape index (κ3) is 2.26. The highest BCUT2D eigenvalue weighted by atomic mass is 16.5. The van der Waals surface area contributed by atoms with Gasteiger partial charge in [0.15, 0.2) is 11.6 Å². The van der Waals surface area contributed by atoms with Crippen molar-refractivity contribution in [3.63, 3.8) is 0 Å². The number of oxazole rings is 1. The number of aromatic nitrogens is 3. The zero-order valence-electron chi connectivity index (χ0n) is 12.2. The van der Waals surface area contributed by atoms with Gasteiger partial charge in [0, 0.05) is 11.5 Å². The second kappa shape index (κ2) is 5.29. The van der Waals surface area contributed by atoms with Gasteiger partial charge in [-0.2, -0.15) is 4.98 Å². The predicted octanol–water partition coefficient (Wildman–Crippen LogP) is 3.67. The zero-order chi connectivity index (χ0) is 14.9. The molecule has 0 bridgehead atoms. The van der Waals surface area contributed by atoms with E-state index in [0.717, 1.165) is 30.0 Å². The Morgan fingerprint density at radius 3 is 2.91 bits per heavy atom. The fraction of sp³-hybridized carbons (Fsp3) is 0.312. The van der Waals surface area contributed by atoms with Gasteiger partial charge in [0.2, 0.25) is 5.82 Å². The molecule has 112 valence electrons. The average Bonchev–Trinajstić information content (AvgIpc) is 3.14. The summed E-state index contributed by atoms with van der Waals surface area (Å²) < 4.78 is 16.0. The summed E-state index contributed by atoms with van der Waals surface area (Å²) in [5, 5.41) is 4.00. The largest absolute Gasteiger partial charge is 0.497 e. The number of hydrogen-bond acceptors (Lipinski definition) is 6. The van der Waals surface area contributed by atoms with Crippen LogP contribution in [0.1, 0.15) is 31.1 Å². The van der Waals surface area contributed by atoms with E-state index in [-0.39, 0.29) is 0 Å². The lowest BCUT2D eigenvalue weighted by Gasteiger charge is -2.21. The quantitative estimate of drug-likeness (QED) is 0.731. The van der Waals surface area contributed by atoms with Crippen LogP contribution in [-0.2, 0) is 0 Å². The van der Waals surface area contributed by atoms with Crippen molar-refractivity contribution in [2.75, 3.05) is 7.11 Å². The molecule has 0 aliphatic heterocycles. The van der Waals surface area contributed by atoms with Gasteiger partial charge >= 0.3 is 0 Å². The summed E-state index contributed by atoms with van der Waals surface area (Å²) in [4.78, 5) is 8.84. The molecule has 1 aromatic carbocycles. The van der Waals surface area contributed by atoms with Crippen molar-refractivity contribution in [2.24, 2.45) is 0 Å². The Balaban J connectivity index is 1.61. The van der Waals surface area contributed by atoms with Crippen LogP contribution in [0.3, 0.4) is 0 Å². The first-order valence-electron chi connectivity index (χ1n) is 7.27. The molecule has 4 rings (SSSR count). The molecule has 0 radical (unpaired) electrons. The van der Waals surface area contributed by atoms with Gasteiger partial charge in [0.25, 0.3) is 5.89 Å². The summed E-state index contributed by atoms with van der Waals surface area (Å²) in [7, 11) is 1.62. The highest BCUT2D eigenvalue weighted by Crippen LogP contribution is 2.36. The summed E-state index contributed by atoms with van der Waals surface area (Å²) in [6.45, 7) is 0. The molecular formula is C16H15N3O3. The fourth-order valence-electron chi connectivity index (χ4n) is 2.44. The second-order valence-electron chi connectivity index (χ2n) is 5.35. The van der Waals surface area contributed by atoms with E-state index in [9.17, 15) is 0 Å². The molecule has 2 aromatic heterocycles. The minimum absolute atomic E-state index is 0.368. The zero-order valence-corrected chi connectivity index (χ0v) is 12.2. The molecule has 1 aliphatic carbocycles. The standard InChI is InChI=1S/C16H15N3O3/c1-20-12-7-3-6-11(8-12)14-18-16(22-19-14)13-9-21-15(17-13)10-4-2-5-10/h3,6-10H,2,4-5H2,1H3. The smallest absolute Gasteiger partial charge is 0.280 e. The normalized spacial score (nSPS) is 14.8. The number of ether oxygens (including phenoxy) is 1. The molecule has 1 aliphatic rings. The van der Waals surface area contributed by atoms with E-state index >= 15 is 0 Å². The lowest BCUT2D eigenvalue weighted by atomic mass is 9.85. The molecular weight excluding hydrogens is 282 g/mol. The number of nitrogens with zero attached hydrogens (tertiary/aromatic N) is 3. The summed E-state index contributed by atoms with van der Waals surface area (Å²) in [5.74, 6) is 2.82. The summed E-state index contributed by atoms with van der Waals surface area (Å²) in [6.07, 6.45) is 5.09. The van der Waals surface area contributed by atoms with E-state index in [1.165, 1.54) is 6.42 Å². The SMILES string of the molecule is COc1cccc(-c2noc(-c3coc(C4CCC4)n3)n2)c1. The molecule has 1 fully saturated rings. The molecule has 0 N–H and O–H groups in total. The van der Waals surface area contributed by atoms with Crippen molar-refractivity contribution in [1.29, 1.82) is 0 Å². The van der Waals surface area contributed by atoms with E-state index < -0.39 is 0 Å². The Kier molecular flexibility index (Phi) is 3.14. The predicted molar refractivity (Wildman–Crippen MR) is 78.4 cm³/mol.